The fourth-order valence-electron chi connectivity index (χ4n) is 1.74. The van der Waals surface area contributed by atoms with E-state index in [0.29, 0.717) is 25.6 Å². The first-order valence-electron chi connectivity index (χ1n) is 6.23. The molecule has 100 valence electrons. The van der Waals surface area contributed by atoms with Crippen LogP contribution in [-0.2, 0) is 17.9 Å². The number of aromatic amines is 1. The van der Waals surface area contributed by atoms with Crippen molar-refractivity contribution in [2.45, 2.75) is 20.1 Å². The summed E-state index contributed by atoms with van der Waals surface area (Å²) in [5.41, 5.74) is 2.00. The molecule has 0 saturated carbocycles. The van der Waals surface area contributed by atoms with Gasteiger partial charge >= 0.3 is 0 Å². The Labute approximate surface area is 111 Å². The van der Waals surface area contributed by atoms with E-state index in [1.165, 1.54) is 6.20 Å². The molecule has 0 aliphatic carbocycles. The third kappa shape index (κ3) is 3.66. The van der Waals surface area contributed by atoms with Crippen molar-refractivity contribution >= 4 is 5.82 Å². The Kier molecular flexibility index (Phi) is 4.69. The van der Waals surface area contributed by atoms with Crippen LogP contribution in [0.4, 0.5) is 5.82 Å². The largest absolute Gasteiger partial charge is 0.377 e. The van der Waals surface area contributed by atoms with Crippen molar-refractivity contribution in [1.29, 1.82) is 0 Å². The molecule has 5 nitrogen and oxygen atoms in total. The molecule has 0 aliphatic rings. The number of aromatic nitrogens is 2. The monoisotopic (exact) mass is 259 g/mol. The topological polar surface area (TPSA) is 67.0 Å². The van der Waals surface area contributed by atoms with E-state index < -0.39 is 0 Å². The van der Waals surface area contributed by atoms with Crippen LogP contribution in [0.25, 0.3) is 0 Å². The van der Waals surface area contributed by atoms with Crippen molar-refractivity contribution < 1.29 is 4.74 Å². The van der Waals surface area contributed by atoms with Gasteiger partial charge in [-0.25, -0.2) is 4.98 Å². The van der Waals surface area contributed by atoms with Gasteiger partial charge in [0.05, 0.1) is 6.61 Å². The third-order valence-corrected chi connectivity index (χ3v) is 2.73. The molecule has 1 aromatic carbocycles. The van der Waals surface area contributed by atoms with E-state index in [1.807, 2.05) is 31.2 Å². The van der Waals surface area contributed by atoms with Crippen LogP contribution in [0.3, 0.4) is 0 Å². The lowest BCUT2D eigenvalue weighted by molar-refractivity contribution is 0.133. The van der Waals surface area contributed by atoms with E-state index in [-0.39, 0.29) is 5.56 Å². The van der Waals surface area contributed by atoms with Crippen molar-refractivity contribution in [2.24, 2.45) is 0 Å². The number of ether oxygens (including phenoxy) is 1. The zero-order valence-corrected chi connectivity index (χ0v) is 10.8. The highest BCUT2D eigenvalue weighted by atomic mass is 16.5. The maximum atomic E-state index is 11.5. The minimum Gasteiger partial charge on any atom is -0.377 e. The second-order valence-electron chi connectivity index (χ2n) is 4.03. The molecule has 0 fully saturated rings. The van der Waals surface area contributed by atoms with Crippen molar-refractivity contribution in [3.8, 4) is 0 Å². The van der Waals surface area contributed by atoms with Crippen LogP contribution in [0.15, 0.2) is 41.5 Å². The van der Waals surface area contributed by atoms with E-state index in [1.54, 1.807) is 6.20 Å². The average Bonchev–Trinajstić information content (AvgIpc) is 2.45. The standard InChI is InChI=1S/C14H17N3O2/c1-2-19-10-12-6-4-3-5-11(12)9-17-13-14(18)16-8-7-15-13/h3-8H,2,9-10H2,1H3,(H,15,17)(H,16,18). The van der Waals surface area contributed by atoms with Crippen LogP contribution >= 0.6 is 0 Å². The Morgan fingerprint density at radius 3 is 2.84 bits per heavy atom. The molecular formula is C14H17N3O2. The summed E-state index contributed by atoms with van der Waals surface area (Å²) in [6.45, 7) is 3.77. The predicted molar refractivity (Wildman–Crippen MR) is 74.0 cm³/mol. The van der Waals surface area contributed by atoms with Gasteiger partial charge in [0.1, 0.15) is 0 Å². The number of rotatable bonds is 6. The fourth-order valence-corrected chi connectivity index (χ4v) is 1.74. The highest BCUT2D eigenvalue weighted by molar-refractivity contribution is 5.35. The van der Waals surface area contributed by atoms with E-state index in [0.717, 1.165) is 11.1 Å². The average molecular weight is 259 g/mol. The Hall–Kier alpha value is -2.14. The third-order valence-electron chi connectivity index (χ3n) is 2.73. The van der Waals surface area contributed by atoms with Gasteiger partial charge in [-0.2, -0.15) is 0 Å². The van der Waals surface area contributed by atoms with Crippen LogP contribution < -0.4 is 10.9 Å². The van der Waals surface area contributed by atoms with Crippen LogP contribution in [-0.4, -0.2) is 16.6 Å². The molecule has 0 saturated heterocycles. The van der Waals surface area contributed by atoms with Gasteiger partial charge in [-0.3, -0.25) is 4.79 Å². The lowest BCUT2D eigenvalue weighted by atomic mass is 10.1. The summed E-state index contributed by atoms with van der Waals surface area (Å²) >= 11 is 0. The summed E-state index contributed by atoms with van der Waals surface area (Å²) in [6, 6.07) is 7.98. The van der Waals surface area contributed by atoms with Crippen LogP contribution in [0, 0.1) is 0 Å². The first-order valence-corrected chi connectivity index (χ1v) is 6.23. The second kappa shape index (κ2) is 6.70. The van der Waals surface area contributed by atoms with Gasteiger partial charge in [0.25, 0.3) is 5.56 Å². The van der Waals surface area contributed by atoms with Crippen molar-refractivity contribution in [2.75, 3.05) is 11.9 Å². The molecule has 0 amide bonds. The number of H-pyrrole nitrogens is 1. The van der Waals surface area contributed by atoms with Crippen molar-refractivity contribution in [3.05, 3.63) is 58.1 Å². The molecule has 0 spiro atoms. The summed E-state index contributed by atoms with van der Waals surface area (Å²) in [7, 11) is 0. The van der Waals surface area contributed by atoms with Gasteiger partial charge in [-0.05, 0) is 18.1 Å². The number of hydrogen-bond donors (Lipinski definition) is 2. The SMILES string of the molecule is CCOCc1ccccc1CNc1ncc[nH]c1=O. The smallest absolute Gasteiger partial charge is 0.290 e. The summed E-state index contributed by atoms with van der Waals surface area (Å²) in [4.78, 5) is 18.1. The molecule has 2 N–H and O–H groups in total. The van der Waals surface area contributed by atoms with E-state index in [9.17, 15) is 4.79 Å². The molecule has 0 bridgehead atoms. The van der Waals surface area contributed by atoms with E-state index in [2.05, 4.69) is 15.3 Å². The van der Waals surface area contributed by atoms with E-state index in [4.69, 9.17) is 4.74 Å². The first kappa shape index (κ1) is 13.3. The van der Waals surface area contributed by atoms with Gasteiger partial charge < -0.3 is 15.0 Å². The fraction of sp³-hybridized carbons (Fsp3) is 0.286. The molecule has 2 rings (SSSR count). The Morgan fingerprint density at radius 2 is 2.11 bits per heavy atom. The molecule has 0 unspecified atom stereocenters. The number of benzene rings is 1. The summed E-state index contributed by atoms with van der Waals surface area (Å²) < 4.78 is 5.42. The van der Waals surface area contributed by atoms with Crippen LogP contribution in [0.2, 0.25) is 0 Å². The molecule has 5 heteroatoms. The zero-order chi connectivity index (χ0) is 13.5. The lowest BCUT2D eigenvalue weighted by Gasteiger charge is -2.10. The van der Waals surface area contributed by atoms with Gasteiger partial charge in [-0.15, -0.1) is 0 Å². The van der Waals surface area contributed by atoms with E-state index >= 15 is 0 Å². The summed E-state index contributed by atoms with van der Waals surface area (Å²) in [5, 5.41) is 3.04. The normalized spacial score (nSPS) is 10.4. The zero-order valence-electron chi connectivity index (χ0n) is 10.8. The second-order valence-corrected chi connectivity index (χ2v) is 4.03. The first-order chi connectivity index (χ1) is 9.31. The van der Waals surface area contributed by atoms with Gasteiger partial charge in [0.2, 0.25) is 0 Å². The van der Waals surface area contributed by atoms with Crippen molar-refractivity contribution in [3.63, 3.8) is 0 Å². The van der Waals surface area contributed by atoms with Gasteiger partial charge in [0.15, 0.2) is 5.82 Å². The summed E-state index contributed by atoms with van der Waals surface area (Å²) in [6.07, 6.45) is 3.06. The molecule has 0 radical (unpaired) electrons. The predicted octanol–water partition coefficient (Wildman–Crippen LogP) is 1.92. The molecule has 19 heavy (non-hydrogen) atoms. The molecule has 0 aliphatic heterocycles. The minimum absolute atomic E-state index is 0.218. The molecule has 2 aromatic rings. The summed E-state index contributed by atoms with van der Waals surface area (Å²) in [5.74, 6) is 0.328. The molecule has 0 atom stereocenters. The Morgan fingerprint density at radius 1 is 1.32 bits per heavy atom. The quantitative estimate of drug-likeness (QED) is 0.831. The van der Waals surface area contributed by atoms with Crippen LogP contribution in [0.5, 0.6) is 0 Å². The Bertz CT molecular complexity index is 581. The van der Waals surface area contributed by atoms with Gasteiger partial charge in [0, 0.05) is 25.5 Å². The highest BCUT2D eigenvalue weighted by Gasteiger charge is 2.03. The number of hydrogen-bond acceptors (Lipinski definition) is 4. The molecule has 1 aromatic heterocycles. The number of nitrogens with one attached hydrogen (secondary N) is 2. The molecular weight excluding hydrogens is 242 g/mol. The maximum Gasteiger partial charge on any atom is 0.290 e. The minimum atomic E-state index is -0.218. The lowest BCUT2D eigenvalue weighted by Crippen LogP contribution is -2.15. The number of anilines is 1. The van der Waals surface area contributed by atoms with Gasteiger partial charge in [-0.1, -0.05) is 24.3 Å². The molecule has 1 heterocycles. The number of nitrogens with zero attached hydrogens (tertiary/aromatic N) is 1. The highest BCUT2D eigenvalue weighted by Crippen LogP contribution is 2.11. The van der Waals surface area contributed by atoms with Crippen LogP contribution in [0.1, 0.15) is 18.1 Å². The van der Waals surface area contributed by atoms with Crippen molar-refractivity contribution in [1.82, 2.24) is 9.97 Å². The Balaban J connectivity index is 2.07. The maximum absolute atomic E-state index is 11.5.